The number of hydrogen-bond acceptors (Lipinski definition) is 6. The van der Waals surface area contributed by atoms with E-state index in [0.717, 1.165) is 63.5 Å². The monoisotopic (exact) mass is 348 g/mol. The number of piperidine rings is 1. The molecule has 0 spiro atoms. The Bertz CT molecular complexity index is 606. The number of anilines is 2. The lowest BCUT2D eigenvalue weighted by atomic mass is 9.98. The third-order valence-electron chi connectivity index (χ3n) is 5.49. The molecular weight excluding hydrogens is 320 g/mol. The predicted octanol–water partition coefficient (Wildman–Crippen LogP) is 2.29. The van der Waals surface area contributed by atoms with Crippen molar-refractivity contribution in [1.82, 2.24) is 4.90 Å². The molecule has 138 valence electrons. The maximum absolute atomic E-state index is 11.5. The van der Waals surface area contributed by atoms with Gasteiger partial charge in [0.15, 0.2) is 0 Å². The van der Waals surface area contributed by atoms with E-state index < -0.39 is 6.23 Å². The molecule has 3 rings (SSSR count). The highest BCUT2D eigenvalue weighted by atomic mass is 16.6. The maximum atomic E-state index is 11.5. The van der Waals surface area contributed by atoms with Crippen LogP contribution in [0.25, 0.3) is 0 Å². The third kappa shape index (κ3) is 4.04. The fraction of sp³-hybridized carbons (Fsp3) is 0.667. The van der Waals surface area contributed by atoms with Gasteiger partial charge in [-0.3, -0.25) is 15.0 Å². The lowest BCUT2D eigenvalue weighted by Crippen LogP contribution is -2.49. The fourth-order valence-corrected chi connectivity index (χ4v) is 3.72. The summed E-state index contributed by atoms with van der Waals surface area (Å²) in [6.45, 7) is 9.01. The van der Waals surface area contributed by atoms with E-state index in [-0.39, 0.29) is 10.6 Å². The van der Waals surface area contributed by atoms with Crippen molar-refractivity contribution >= 4 is 17.1 Å². The lowest BCUT2D eigenvalue weighted by Gasteiger charge is -2.38. The van der Waals surface area contributed by atoms with Crippen molar-refractivity contribution in [2.75, 3.05) is 49.1 Å². The molecular formula is C18H28N4O3. The summed E-state index contributed by atoms with van der Waals surface area (Å²) in [7, 11) is 0. The number of aliphatic hydroxyl groups excluding tert-OH is 1. The first-order valence-electron chi connectivity index (χ1n) is 9.16. The number of nitro benzene ring substituents is 1. The van der Waals surface area contributed by atoms with Crippen molar-refractivity contribution in [3.63, 3.8) is 0 Å². The quantitative estimate of drug-likeness (QED) is 0.665. The van der Waals surface area contributed by atoms with E-state index in [1.807, 2.05) is 17.0 Å². The van der Waals surface area contributed by atoms with Crippen LogP contribution in [0.4, 0.5) is 17.1 Å². The zero-order valence-electron chi connectivity index (χ0n) is 15.1. The van der Waals surface area contributed by atoms with Crippen LogP contribution in [0.1, 0.15) is 26.7 Å². The highest BCUT2D eigenvalue weighted by molar-refractivity contribution is 5.70. The predicted molar refractivity (Wildman–Crippen MR) is 99.2 cm³/mol. The fourth-order valence-electron chi connectivity index (χ4n) is 3.72. The highest BCUT2D eigenvalue weighted by Gasteiger charge is 2.26. The van der Waals surface area contributed by atoms with Gasteiger partial charge in [0.25, 0.3) is 5.69 Å². The topological polar surface area (TPSA) is 73.1 Å². The summed E-state index contributed by atoms with van der Waals surface area (Å²) < 4.78 is 0. The number of aliphatic hydroxyl groups is 1. The summed E-state index contributed by atoms with van der Waals surface area (Å²) in [5, 5.41) is 21.2. The second kappa shape index (κ2) is 7.58. The molecule has 1 N–H and O–H groups in total. The molecule has 2 aliphatic rings. The van der Waals surface area contributed by atoms with Crippen LogP contribution in [0.3, 0.4) is 0 Å². The highest BCUT2D eigenvalue weighted by Crippen LogP contribution is 2.35. The Labute approximate surface area is 149 Å². The number of benzene rings is 1. The molecule has 25 heavy (non-hydrogen) atoms. The summed E-state index contributed by atoms with van der Waals surface area (Å²) in [6.07, 6.45) is 1.73. The molecule has 7 heteroatoms. The lowest BCUT2D eigenvalue weighted by molar-refractivity contribution is -0.384. The van der Waals surface area contributed by atoms with E-state index in [4.69, 9.17) is 0 Å². The number of nitro groups is 1. The normalized spacial score (nSPS) is 21.4. The van der Waals surface area contributed by atoms with Gasteiger partial charge in [0.2, 0.25) is 0 Å². The van der Waals surface area contributed by atoms with Gasteiger partial charge in [-0.2, -0.15) is 0 Å². The largest absolute Gasteiger partial charge is 0.379 e. The van der Waals surface area contributed by atoms with Crippen LogP contribution in [-0.4, -0.2) is 60.4 Å². The van der Waals surface area contributed by atoms with E-state index in [9.17, 15) is 15.2 Å². The van der Waals surface area contributed by atoms with Crippen molar-refractivity contribution in [3.05, 3.63) is 28.3 Å². The molecule has 0 aliphatic carbocycles. The summed E-state index contributed by atoms with van der Waals surface area (Å²) in [4.78, 5) is 17.6. The Morgan fingerprint density at radius 3 is 2.32 bits per heavy atom. The van der Waals surface area contributed by atoms with Crippen molar-refractivity contribution in [3.8, 4) is 0 Å². The van der Waals surface area contributed by atoms with Crippen LogP contribution in [-0.2, 0) is 0 Å². The Morgan fingerprint density at radius 1 is 1.12 bits per heavy atom. The molecule has 2 fully saturated rings. The SMILES string of the molecule is CC1CCN(c2cc(N3CCN(C(C)O)CC3)ccc2[N+](=O)[O-])CC1. The minimum Gasteiger partial charge on any atom is -0.379 e. The second-order valence-corrected chi connectivity index (χ2v) is 7.25. The Hall–Kier alpha value is -1.86. The smallest absolute Gasteiger partial charge is 0.292 e. The second-order valence-electron chi connectivity index (χ2n) is 7.25. The zero-order valence-corrected chi connectivity index (χ0v) is 15.1. The first-order chi connectivity index (χ1) is 12.0. The van der Waals surface area contributed by atoms with E-state index in [0.29, 0.717) is 5.92 Å². The van der Waals surface area contributed by atoms with Crippen LogP contribution >= 0.6 is 0 Å². The number of nitrogens with zero attached hydrogens (tertiary/aromatic N) is 4. The molecule has 2 heterocycles. The Kier molecular flexibility index (Phi) is 5.44. The first-order valence-corrected chi connectivity index (χ1v) is 9.16. The van der Waals surface area contributed by atoms with Crippen LogP contribution in [0.15, 0.2) is 18.2 Å². The summed E-state index contributed by atoms with van der Waals surface area (Å²) in [6, 6.07) is 5.47. The molecule has 0 amide bonds. The van der Waals surface area contributed by atoms with E-state index in [1.54, 1.807) is 13.0 Å². The van der Waals surface area contributed by atoms with E-state index in [2.05, 4.69) is 16.7 Å². The molecule has 2 saturated heterocycles. The Balaban J connectivity index is 1.80. The van der Waals surface area contributed by atoms with Crippen molar-refractivity contribution in [2.45, 2.75) is 32.9 Å². The third-order valence-corrected chi connectivity index (χ3v) is 5.49. The van der Waals surface area contributed by atoms with E-state index >= 15 is 0 Å². The summed E-state index contributed by atoms with van der Waals surface area (Å²) in [5.74, 6) is 0.687. The molecule has 2 aliphatic heterocycles. The minimum absolute atomic E-state index is 0.195. The standard InChI is InChI=1S/C18H28N4O3/c1-14-5-7-21(8-6-14)18-13-16(3-4-17(18)22(24)25)20-11-9-19(10-12-20)15(2)23/h3-4,13-15,23H,5-12H2,1-2H3. The van der Waals surface area contributed by atoms with Gasteiger partial charge in [-0.1, -0.05) is 6.92 Å². The van der Waals surface area contributed by atoms with Gasteiger partial charge in [0.05, 0.1) is 4.92 Å². The van der Waals surface area contributed by atoms with Gasteiger partial charge < -0.3 is 14.9 Å². The molecule has 1 aromatic carbocycles. The van der Waals surface area contributed by atoms with Crippen LogP contribution in [0, 0.1) is 16.0 Å². The van der Waals surface area contributed by atoms with Gasteiger partial charge in [-0.05, 0) is 37.8 Å². The summed E-state index contributed by atoms with van der Waals surface area (Å²) in [5.41, 5.74) is 1.97. The van der Waals surface area contributed by atoms with Gasteiger partial charge in [0.1, 0.15) is 11.9 Å². The Morgan fingerprint density at radius 2 is 1.76 bits per heavy atom. The first kappa shape index (κ1) is 17.9. The van der Waals surface area contributed by atoms with Gasteiger partial charge in [-0.25, -0.2) is 0 Å². The molecule has 1 unspecified atom stereocenters. The number of hydrogen-bond donors (Lipinski definition) is 1. The summed E-state index contributed by atoms with van der Waals surface area (Å²) >= 11 is 0. The van der Waals surface area contributed by atoms with E-state index in [1.165, 1.54) is 0 Å². The van der Waals surface area contributed by atoms with Crippen molar-refractivity contribution < 1.29 is 10.0 Å². The van der Waals surface area contributed by atoms with Gasteiger partial charge in [0, 0.05) is 51.0 Å². The molecule has 1 atom stereocenters. The van der Waals surface area contributed by atoms with Crippen LogP contribution in [0.5, 0.6) is 0 Å². The van der Waals surface area contributed by atoms with Gasteiger partial charge >= 0.3 is 0 Å². The molecule has 7 nitrogen and oxygen atoms in total. The van der Waals surface area contributed by atoms with Crippen LogP contribution < -0.4 is 9.80 Å². The zero-order chi connectivity index (χ0) is 18.0. The molecule has 1 aromatic rings. The average molecular weight is 348 g/mol. The average Bonchev–Trinajstić information content (AvgIpc) is 2.62. The molecule has 0 saturated carbocycles. The minimum atomic E-state index is -0.426. The molecule has 0 radical (unpaired) electrons. The van der Waals surface area contributed by atoms with Crippen LogP contribution in [0.2, 0.25) is 0 Å². The number of rotatable bonds is 4. The van der Waals surface area contributed by atoms with Gasteiger partial charge in [-0.15, -0.1) is 0 Å². The van der Waals surface area contributed by atoms with Crippen molar-refractivity contribution in [2.24, 2.45) is 5.92 Å². The number of piperazine rings is 1. The molecule has 0 bridgehead atoms. The maximum Gasteiger partial charge on any atom is 0.292 e. The molecule has 0 aromatic heterocycles. The van der Waals surface area contributed by atoms with Crippen molar-refractivity contribution in [1.29, 1.82) is 0 Å².